The van der Waals surface area contributed by atoms with Gasteiger partial charge in [0.25, 0.3) is 0 Å². The molecule has 0 spiro atoms. The van der Waals surface area contributed by atoms with Gasteiger partial charge in [0, 0.05) is 49.7 Å². The number of nitrogens with one attached hydrogen (secondary N) is 2. The summed E-state index contributed by atoms with van der Waals surface area (Å²) in [6.07, 6.45) is 0.753. The van der Waals surface area contributed by atoms with Gasteiger partial charge < -0.3 is 24.9 Å². The molecule has 0 aliphatic rings. The van der Waals surface area contributed by atoms with E-state index >= 15 is 0 Å². The van der Waals surface area contributed by atoms with E-state index < -0.39 is 0 Å². The molecule has 0 atom stereocenters. The summed E-state index contributed by atoms with van der Waals surface area (Å²) in [6, 6.07) is 12.0. The van der Waals surface area contributed by atoms with Crippen molar-refractivity contribution >= 4 is 17.7 Å². The fraction of sp³-hybridized carbons (Fsp3) is 0.333. The maximum atomic E-state index is 11.8. The third-order valence-corrected chi connectivity index (χ3v) is 5.00. The normalized spacial score (nSPS) is 11.2. The van der Waals surface area contributed by atoms with E-state index in [2.05, 4.69) is 31.5 Å². The zero-order chi connectivity index (χ0) is 22.5. The predicted octanol–water partition coefficient (Wildman–Crippen LogP) is 4.03. The average molecular weight is 422 g/mol. The molecule has 1 heterocycles. The maximum absolute atomic E-state index is 11.8. The zero-order valence-electron chi connectivity index (χ0n) is 19.1. The Morgan fingerprint density at radius 3 is 1.87 bits per heavy atom. The van der Waals surface area contributed by atoms with E-state index in [9.17, 15) is 4.79 Å². The van der Waals surface area contributed by atoms with Crippen LogP contribution < -0.4 is 10.6 Å². The average Bonchev–Trinajstić information content (AvgIpc) is 3.17. The SMILES string of the molecule is CNc1ccc(-c2nc(C=O)c(-c3ccc(NC)c(CN(C)C)c3)o2)cc1CN(C)C. The number of carbonyl (C=O) groups excluding carboxylic acids is 1. The molecule has 31 heavy (non-hydrogen) atoms. The van der Waals surface area contributed by atoms with Gasteiger partial charge in [-0.25, -0.2) is 4.98 Å². The van der Waals surface area contributed by atoms with E-state index in [0.29, 0.717) is 17.3 Å². The molecule has 0 aliphatic carbocycles. The van der Waals surface area contributed by atoms with Crippen LogP contribution in [0.3, 0.4) is 0 Å². The van der Waals surface area contributed by atoms with E-state index in [-0.39, 0.29) is 0 Å². The topological polar surface area (TPSA) is 73.6 Å². The number of anilines is 2. The molecule has 2 N–H and O–H groups in total. The molecule has 3 rings (SSSR count). The number of carbonyl (C=O) groups is 1. The Kier molecular flexibility index (Phi) is 7.09. The summed E-state index contributed by atoms with van der Waals surface area (Å²) in [5.41, 5.74) is 6.31. The van der Waals surface area contributed by atoms with Crippen molar-refractivity contribution < 1.29 is 9.21 Å². The smallest absolute Gasteiger partial charge is 0.227 e. The van der Waals surface area contributed by atoms with Crippen LogP contribution in [-0.2, 0) is 13.1 Å². The van der Waals surface area contributed by atoms with Crippen molar-refractivity contribution in [2.75, 3.05) is 52.9 Å². The van der Waals surface area contributed by atoms with E-state index in [1.54, 1.807) is 0 Å². The molecule has 1 aromatic heterocycles. The summed E-state index contributed by atoms with van der Waals surface area (Å²) >= 11 is 0. The highest BCUT2D eigenvalue weighted by atomic mass is 16.4. The molecule has 0 saturated carbocycles. The van der Waals surface area contributed by atoms with Gasteiger partial charge in [-0.1, -0.05) is 0 Å². The van der Waals surface area contributed by atoms with Crippen molar-refractivity contribution in [1.29, 1.82) is 0 Å². The van der Waals surface area contributed by atoms with Crippen LogP contribution in [-0.4, -0.2) is 63.4 Å². The molecule has 164 valence electrons. The third-order valence-electron chi connectivity index (χ3n) is 5.00. The van der Waals surface area contributed by atoms with Crippen molar-refractivity contribution in [2.24, 2.45) is 0 Å². The summed E-state index contributed by atoms with van der Waals surface area (Å²) in [5, 5.41) is 6.44. The lowest BCUT2D eigenvalue weighted by molar-refractivity contribution is 0.112. The van der Waals surface area contributed by atoms with E-state index in [1.807, 2.05) is 72.6 Å². The van der Waals surface area contributed by atoms with Crippen molar-refractivity contribution in [3.05, 3.63) is 53.2 Å². The van der Waals surface area contributed by atoms with E-state index in [4.69, 9.17) is 4.42 Å². The van der Waals surface area contributed by atoms with Crippen LogP contribution in [0.4, 0.5) is 11.4 Å². The number of rotatable bonds is 9. The number of hydrogen-bond donors (Lipinski definition) is 2. The number of aromatic nitrogens is 1. The lowest BCUT2D eigenvalue weighted by Gasteiger charge is -2.15. The number of benzene rings is 2. The standard InChI is InChI=1S/C24H31N5O2/c1-25-20-9-7-16(11-18(20)13-28(3)4)23-22(15-30)27-24(31-23)17-8-10-21(26-2)19(12-17)14-29(5)6/h7-12,15,25-26H,13-14H2,1-6H3. The lowest BCUT2D eigenvalue weighted by Crippen LogP contribution is -2.12. The van der Waals surface area contributed by atoms with Crippen molar-refractivity contribution in [3.63, 3.8) is 0 Å². The first-order chi connectivity index (χ1) is 14.9. The minimum atomic E-state index is 0.301. The monoisotopic (exact) mass is 421 g/mol. The molecular formula is C24H31N5O2. The predicted molar refractivity (Wildman–Crippen MR) is 127 cm³/mol. The minimum absolute atomic E-state index is 0.301. The second-order valence-electron chi connectivity index (χ2n) is 8.07. The van der Waals surface area contributed by atoms with Crippen LogP contribution in [0.25, 0.3) is 22.8 Å². The highest BCUT2D eigenvalue weighted by Gasteiger charge is 2.18. The Morgan fingerprint density at radius 2 is 1.39 bits per heavy atom. The first-order valence-electron chi connectivity index (χ1n) is 10.2. The molecule has 0 aliphatic heterocycles. The number of nitrogens with zero attached hydrogens (tertiary/aromatic N) is 3. The van der Waals surface area contributed by atoms with Gasteiger partial charge in [-0.15, -0.1) is 0 Å². The largest absolute Gasteiger partial charge is 0.435 e. The van der Waals surface area contributed by atoms with E-state index in [0.717, 1.165) is 53.0 Å². The summed E-state index contributed by atoms with van der Waals surface area (Å²) in [6.45, 7) is 1.54. The second-order valence-corrected chi connectivity index (χ2v) is 8.07. The third kappa shape index (κ3) is 5.13. The summed E-state index contributed by atoms with van der Waals surface area (Å²) in [4.78, 5) is 20.5. The lowest BCUT2D eigenvalue weighted by atomic mass is 10.1. The summed E-state index contributed by atoms with van der Waals surface area (Å²) in [5.74, 6) is 0.922. The van der Waals surface area contributed by atoms with Crippen LogP contribution in [0.1, 0.15) is 21.6 Å². The van der Waals surface area contributed by atoms with Crippen molar-refractivity contribution in [1.82, 2.24) is 14.8 Å². The zero-order valence-corrected chi connectivity index (χ0v) is 19.1. The maximum Gasteiger partial charge on any atom is 0.227 e. The highest BCUT2D eigenvalue weighted by Crippen LogP contribution is 2.33. The Labute approximate surface area is 184 Å². The number of aldehydes is 1. The Bertz CT molecular complexity index is 1060. The molecule has 0 radical (unpaired) electrons. The van der Waals surface area contributed by atoms with Crippen LogP contribution in [0.5, 0.6) is 0 Å². The molecule has 0 saturated heterocycles. The van der Waals surface area contributed by atoms with Gasteiger partial charge in [0.05, 0.1) is 0 Å². The van der Waals surface area contributed by atoms with Crippen LogP contribution in [0.2, 0.25) is 0 Å². The number of oxazole rings is 1. The molecule has 7 heteroatoms. The second kappa shape index (κ2) is 9.76. The Balaban J connectivity index is 2.05. The molecule has 0 amide bonds. The van der Waals surface area contributed by atoms with Gasteiger partial charge >= 0.3 is 0 Å². The van der Waals surface area contributed by atoms with Gasteiger partial charge in [-0.05, 0) is 75.7 Å². The first-order valence-corrected chi connectivity index (χ1v) is 10.2. The van der Waals surface area contributed by atoms with Crippen molar-refractivity contribution in [3.8, 4) is 22.8 Å². The Hall–Kier alpha value is -3.16. The molecule has 0 fully saturated rings. The quantitative estimate of drug-likeness (QED) is 0.505. The minimum Gasteiger partial charge on any atom is -0.435 e. The van der Waals surface area contributed by atoms with E-state index in [1.165, 1.54) is 0 Å². The van der Waals surface area contributed by atoms with Crippen LogP contribution in [0, 0.1) is 0 Å². The van der Waals surface area contributed by atoms with Crippen molar-refractivity contribution in [2.45, 2.75) is 13.1 Å². The van der Waals surface area contributed by atoms with Gasteiger partial charge in [0.2, 0.25) is 5.89 Å². The molecule has 3 aromatic rings. The summed E-state index contributed by atoms with van der Waals surface area (Å²) in [7, 11) is 11.9. The molecular weight excluding hydrogens is 390 g/mol. The molecule has 7 nitrogen and oxygen atoms in total. The number of hydrogen-bond acceptors (Lipinski definition) is 7. The van der Waals surface area contributed by atoms with Crippen LogP contribution >= 0.6 is 0 Å². The molecule has 0 bridgehead atoms. The van der Waals surface area contributed by atoms with Gasteiger partial charge in [-0.3, -0.25) is 4.79 Å². The molecule has 0 unspecified atom stereocenters. The fourth-order valence-corrected chi connectivity index (χ4v) is 3.63. The first kappa shape index (κ1) is 22.5. The summed E-state index contributed by atoms with van der Waals surface area (Å²) < 4.78 is 6.13. The van der Waals surface area contributed by atoms with Gasteiger partial charge in [0.15, 0.2) is 17.7 Å². The fourth-order valence-electron chi connectivity index (χ4n) is 3.63. The van der Waals surface area contributed by atoms with Gasteiger partial charge in [0.1, 0.15) is 0 Å². The molecule has 2 aromatic carbocycles. The van der Waals surface area contributed by atoms with Crippen LogP contribution in [0.15, 0.2) is 40.8 Å². The van der Waals surface area contributed by atoms with Gasteiger partial charge in [-0.2, -0.15) is 0 Å². The highest BCUT2D eigenvalue weighted by molar-refractivity contribution is 5.84. The Morgan fingerprint density at radius 1 is 0.871 bits per heavy atom.